The molecule has 1 N–H and O–H groups in total. The smallest absolute Gasteiger partial charge is 0.00357 e. The van der Waals surface area contributed by atoms with E-state index in [4.69, 9.17) is 0 Å². The summed E-state index contributed by atoms with van der Waals surface area (Å²) in [6, 6.07) is 0.705. The Hall–Kier alpha value is -0.0400. The van der Waals surface area contributed by atoms with Gasteiger partial charge in [-0.05, 0) is 20.4 Å². The summed E-state index contributed by atoms with van der Waals surface area (Å²) in [4.78, 5) is 0. The molecule has 0 saturated heterocycles. The first kappa shape index (κ1) is 11.0. The molecular weight excluding hydrogens is 134 g/mol. The van der Waals surface area contributed by atoms with Crippen molar-refractivity contribution in [3.8, 4) is 0 Å². The molecule has 1 atom stereocenters. The number of unbranched alkanes of at least 4 members (excludes halogenated alkanes) is 4. The fraction of sp³-hybridized carbons (Fsp3) is 1.00. The van der Waals surface area contributed by atoms with Crippen molar-refractivity contribution in [3.05, 3.63) is 0 Å². The first-order valence-corrected chi connectivity index (χ1v) is 4.98. The highest BCUT2D eigenvalue weighted by Crippen LogP contribution is 2.06. The Morgan fingerprint density at radius 2 is 1.73 bits per heavy atom. The molecular formula is C10H23N. The lowest BCUT2D eigenvalue weighted by molar-refractivity contribution is 0.513. The summed E-state index contributed by atoms with van der Waals surface area (Å²) in [5, 5.41) is 3.26. The molecule has 11 heavy (non-hydrogen) atoms. The molecule has 0 fully saturated rings. The topological polar surface area (TPSA) is 12.0 Å². The van der Waals surface area contributed by atoms with Gasteiger partial charge in [-0.2, -0.15) is 0 Å². The molecule has 1 unspecified atom stereocenters. The third-order valence-electron chi connectivity index (χ3n) is 2.23. The predicted octanol–water partition coefficient (Wildman–Crippen LogP) is 2.95. The van der Waals surface area contributed by atoms with E-state index in [0.29, 0.717) is 6.04 Å². The van der Waals surface area contributed by atoms with E-state index in [1.165, 1.54) is 38.5 Å². The summed E-state index contributed by atoms with van der Waals surface area (Å²) < 4.78 is 0. The van der Waals surface area contributed by atoms with Gasteiger partial charge in [-0.15, -0.1) is 0 Å². The molecule has 0 radical (unpaired) electrons. The highest BCUT2D eigenvalue weighted by atomic mass is 14.8. The van der Waals surface area contributed by atoms with Crippen LogP contribution in [0.25, 0.3) is 0 Å². The highest BCUT2D eigenvalue weighted by molar-refractivity contribution is 4.56. The highest BCUT2D eigenvalue weighted by Gasteiger charge is 1.96. The van der Waals surface area contributed by atoms with Gasteiger partial charge in [0.25, 0.3) is 0 Å². The van der Waals surface area contributed by atoms with Gasteiger partial charge in [0.05, 0.1) is 0 Å². The molecule has 1 heteroatoms. The van der Waals surface area contributed by atoms with Gasteiger partial charge in [0, 0.05) is 6.04 Å². The molecule has 0 amide bonds. The maximum absolute atomic E-state index is 3.26. The molecule has 0 heterocycles. The van der Waals surface area contributed by atoms with Crippen molar-refractivity contribution in [1.82, 2.24) is 5.32 Å². The maximum Gasteiger partial charge on any atom is 0.00357 e. The zero-order valence-corrected chi connectivity index (χ0v) is 8.32. The van der Waals surface area contributed by atoms with Crippen molar-refractivity contribution in [2.45, 2.75) is 58.4 Å². The van der Waals surface area contributed by atoms with Crippen molar-refractivity contribution in [1.29, 1.82) is 0 Å². The van der Waals surface area contributed by atoms with Crippen LogP contribution < -0.4 is 5.32 Å². The molecule has 0 aliphatic rings. The van der Waals surface area contributed by atoms with Gasteiger partial charge in [-0.3, -0.25) is 0 Å². The van der Waals surface area contributed by atoms with Gasteiger partial charge in [-0.1, -0.05) is 39.0 Å². The standard InChI is InChI=1S/C10H23N/c1-4-5-6-7-8-9-10(2)11-3/h10-11H,4-9H2,1-3H3. The van der Waals surface area contributed by atoms with Gasteiger partial charge >= 0.3 is 0 Å². The Labute approximate surface area is 71.6 Å². The Morgan fingerprint density at radius 3 is 2.27 bits per heavy atom. The van der Waals surface area contributed by atoms with Crippen molar-refractivity contribution >= 4 is 0 Å². The van der Waals surface area contributed by atoms with E-state index in [-0.39, 0.29) is 0 Å². The summed E-state index contributed by atoms with van der Waals surface area (Å²) in [6.45, 7) is 4.51. The van der Waals surface area contributed by atoms with Gasteiger partial charge in [0.2, 0.25) is 0 Å². The van der Waals surface area contributed by atoms with Gasteiger partial charge in [0.1, 0.15) is 0 Å². The largest absolute Gasteiger partial charge is 0.317 e. The van der Waals surface area contributed by atoms with Gasteiger partial charge < -0.3 is 5.32 Å². The summed E-state index contributed by atoms with van der Waals surface area (Å²) >= 11 is 0. The van der Waals surface area contributed by atoms with Crippen LogP contribution in [0.4, 0.5) is 0 Å². The second-order valence-corrected chi connectivity index (χ2v) is 3.39. The van der Waals surface area contributed by atoms with Crippen LogP contribution in [0.3, 0.4) is 0 Å². The van der Waals surface area contributed by atoms with Crippen LogP contribution in [0.2, 0.25) is 0 Å². The average Bonchev–Trinajstić information content (AvgIpc) is 2.04. The van der Waals surface area contributed by atoms with Crippen LogP contribution in [0.15, 0.2) is 0 Å². The van der Waals surface area contributed by atoms with E-state index in [0.717, 1.165) is 0 Å². The van der Waals surface area contributed by atoms with E-state index in [9.17, 15) is 0 Å². The number of rotatable bonds is 7. The Morgan fingerprint density at radius 1 is 1.09 bits per heavy atom. The van der Waals surface area contributed by atoms with Crippen LogP contribution in [0.5, 0.6) is 0 Å². The third kappa shape index (κ3) is 7.86. The molecule has 68 valence electrons. The van der Waals surface area contributed by atoms with Crippen LogP contribution in [0.1, 0.15) is 52.4 Å². The van der Waals surface area contributed by atoms with Crippen molar-refractivity contribution in [2.75, 3.05) is 7.05 Å². The maximum atomic E-state index is 3.26. The molecule has 0 aromatic rings. The minimum absolute atomic E-state index is 0.705. The van der Waals surface area contributed by atoms with Crippen molar-refractivity contribution < 1.29 is 0 Å². The monoisotopic (exact) mass is 157 g/mol. The van der Waals surface area contributed by atoms with Crippen molar-refractivity contribution in [3.63, 3.8) is 0 Å². The third-order valence-corrected chi connectivity index (χ3v) is 2.23. The molecule has 1 nitrogen and oxygen atoms in total. The van der Waals surface area contributed by atoms with Crippen LogP contribution in [0, 0.1) is 0 Å². The summed E-state index contributed by atoms with van der Waals surface area (Å²) in [7, 11) is 2.04. The average molecular weight is 157 g/mol. The summed E-state index contributed by atoms with van der Waals surface area (Å²) in [6.07, 6.45) is 8.32. The van der Waals surface area contributed by atoms with E-state index in [1.54, 1.807) is 0 Å². The van der Waals surface area contributed by atoms with E-state index in [2.05, 4.69) is 19.2 Å². The minimum Gasteiger partial charge on any atom is -0.317 e. The SMILES string of the molecule is CCCCCCCC(C)NC. The van der Waals surface area contributed by atoms with E-state index >= 15 is 0 Å². The number of hydrogen-bond acceptors (Lipinski definition) is 1. The normalized spacial score (nSPS) is 13.4. The quantitative estimate of drug-likeness (QED) is 0.560. The lowest BCUT2D eigenvalue weighted by Gasteiger charge is -2.08. The molecule has 0 aliphatic heterocycles. The lowest BCUT2D eigenvalue weighted by atomic mass is 10.1. The second-order valence-electron chi connectivity index (χ2n) is 3.39. The molecule has 0 aliphatic carbocycles. The van der Waals surface area contributed by atoms with Gasteiger partial charge in [-0.25, -0.2) is 0 Å². The zero-order valence-electron chi connectivity index (χ0n) is 8.32. The van der Waals surface area contributed by atoms with E-state index in [1.807, 2.05) is 7.05 Å². The molecule has 0 bridgehead atoms. The predicted molar refractivity (Wildman–Crippen MR) is 51.9 cm³/mol. The molecule has 0 aromatic carbocycles. The molecule has 0 aromatic heterocycles. The summed E-state index contributed by atoms with van der Waals surface area (Å²) in [5.41, 5.74) is 0. The van der Waals surface area contributed by atoms with Crippen LogP contribution in [-0.4, -0.2) is 13.1 Å². The Bertz CT molecular complexity index is 71.3. The second kappa shape index (κ2) is 8.06. The Balaban J connectivity index is 2.89. The first-order chi connectivity index (χ1) is 5.31. The number of hydrogen-bond donors (Lipinski definition) is 1. The van der Waals surface area contributed by atoms with Crippen molar-refractivity contribution in [2.24, 2.45) is 0 Å². The fourth-order valence-electron chi connectivity index (χ4n) is 1.20. The Kier molecular flexibility index (Phi) is 8.03. The first-order valence-electron chi connectivity index (χ1n) is 4.98. The lowest BCUT2D eigenvalue weighted by Crippen LogP contribution is -2.20. The summed E-state index contributed by atoms with van der Waals surface area (Å²) in [5.74, 6) is 0. The fourth-order valence-corrected chi connectivity index (χ4v) is 1.20. The molecule has 0 rings (SSSR count). The van der Waals surface area contributed by atoms with Gasteiger partial charge in [0.15, 0.2) is 0 Å². The number of nitrogens with one attached hydrogen (secondary N) is 1. The van der Waals surface area contributed by atoms with Crippen LogP contribution in [-0.2, 0) is 0 Å². The minimum atomic E-state index is 0.705. The molecule has 0 saturated carbocycles. The van der Waals surface area contributed by atoms with Crippen LogP contribution >= 0.6 is 0 Å². The van der Waals surface area contributed by atoms with E-state index < -0.39 is 0 Å². The molecule has 0 spiro atoms. The zero-order chi connectivity index (χ0) is 8.53.